The number of nitrogens with one attached hydrogen (secondary N) is 2. The number of fused-ring (bicyclic) bond motifs is 1. The number of nitrogens with zero attached hydrogens (tertiary/aromatic N) is 2. The molecular formula is C25H32N4O3. The van der Waals surface area contributed by atoms with Gasteiger partial charge in [-0.1, -0.05) is 24.3 Å². The second kappa shape index (κ2) is 9.71. The monoisotopic (exact) mass is 436 g/mol. The number of carbonyl (C=O) groups excluding carboxylic acids is 2. The van der Waals surface area contributed by atoms with Crippen LogP contribution in [0.3, 0.4) is 0 Å². The molecule has 2 aromatic rings. The molecule has 1 fully saturated rings. The number of morpholine rings is 1. The molecule has 1 atom stereocenters. The molecule has 0 spiro atoms. The van der Waals surface area contributed by atoms with E-state index in [-0.39, 0.29) is 6.04 Å². The molecule has 4 rings (SSSR count). The van der Waals surface area contributed by atoms with E-state index >= 15 is 0 Å². The number of hydrogen-bond acceptors (Lipinski definition) is 5. The molecule has 2 aromatic carbocycles. The third-order valence-corrected chi connectivity index (χ3v) is 6.41. The molecule has 2 aliphatic heterocycles. The lowest BCUT2D eigenvalue weighted by Crippen LogP contribution is -2.45. The SMILES string of the molecule is Cc1ccc(C)c(NC(=O)C(=O)NCC(c2ccc3c(c2)CCN3C)N2CCOCC2)c1. The van der Waals surface area contributed by atoms with E-state index in [9.17, 15) is 9.59 Å². The molecule has 1 unspecified atom stereocenters. The predicted molar refractivity (Wildman–Crippen MR) is 126 cm³/mol. The van der Waals surface area contributed by atoms with Gasteiger partial charge in [0, 0.05) is 44.6 Å². The number of anilines is 2. The molecule has 0 aromatic heterocycles. The zero-order valence-corrected chi connectivity index (χ0v) is 19.1. The maximum Gasteiger partial charge on any atom is 0.313 e. The Bertz CT molecular complexity index is 1000. The Morgan fingerprint density at radius 1 is 1.03 bits per heavy atom. The minimum atomic E-state index is -0.644. The first-order valence-corrected chi connectivity index (χ1v) is 11.2. The van der Waals surface area contributed by atoms with Gasteiger partial charge in [0.15, 0.2) is 0 Å². The van der Waals surface area contributed by atoms with Gasteiger partial charge in [0.1, 0.15) is 0 Å². The van der Waals surface area contributed by atoms with E-state index in [1.165, 1.54) is 11.3 Å². The van der Waals surface area contributed by atoms with E-state index in [0.29, 0.717) is 25.4 Å². The van der Waals surface area contributed by atoms with Crippen LogP contribution in [0.5, 0.6) is 0 Å². The highest BCUT2D eigenvalue weighted by molar-refractivity contribution is 6.39. The van der Waals surface area contributed by atoms with E-state index in [2.05, 4.69) is 45.7 Å². The summed E-state index contributed by atoms with van der Waals surface area (Å²) in [6.45, 7) is 8.20. The number of hydrogen-bond donors (Lipinski definition) is 2. The molecule has 2 heterocycles. The molecule has 0 saturated carbocycles. The van der Waals surface area contributed by atoms with Crippen LogP contribution in [-0.2, 0) is 20.7 Å². The van der Waals surface area contributed by atoms with Gasteiger partial charge in [0.25, 0.3) is 0 Å². The molecule has 7 nitrogen and oxygen atoms in total. The summed E-state index contributed by atoms with van der Waals surface area (Å²) in [4.78, 5) is 29.7. The van der Waals surface area contributed by atoms with Gasteiger partial charge in [-0.25, -0.2) is 0 Å². The molecule has 2 N–H and O–H groups in total. The average Bonchev–Trinajstić information content (AvgIpc) is 3.17. The van der Waals surface area contributed by atoms with Gasteiger partial charge in [-0.15, -0.1) is 0 Å². The first kappa shape index (κ1) is 22.3. The second-order valence-corrected chi connectivity index (χ2v) is 8.71. The van der Waals surface area contributed by atoms with Gasteiger partial charge >= 0.3 is 11.8 Å². The Morgan fingerprint density at radius 3 is 2.59 bits per heavy atom. The molecule has 170 valence electrons. The number of carbonyl (C=O) groups is 2. The number of rotatable bonds is 5. The van der Waals surface area contributed by atoms with Crippen molar-refractivity contribution in [2.24, 2.45) is 0 Å². The van der Waals surface area contributed by atoms with Crippen molar-refractivity contribution in [3.05, 3.63) is 58.7 Å². The molecule has 2 amide bonds. The van der Waals surface area contributed by atoms with E-state index < -0.39 is 11.8 Å². The van der Waals surface area contributed by atoms with Gasteiger partial charge in [-0.3, -0.25) is 14.5 Å². The summed E-state index contributed by atoms with van der Waals surface area (Å²) < 4.78 is 5.53. The van der Waals surface area contributed by atoms with Crippen molar-refractivity contribution in [3.63, 3.8) is 0 Å². The molecule has 0 bridgehead atoms. The van der Waals surface area contributed by atoms with Gasteiger partial charge in [0.05, 0.1) is 19.3 Å². The summed E-state index contributed by atoms with van der Waals surface area (Å²) in [5, 5.41) is 5.61. The molecule has 0 aliphatic carbocycles. The Labute approximate surface area is 189 Å². The van der Waals surface area contributed by atoms with Gasteiger partial charge < -0.3 is 20.3 Å². The molecule has 32 heavy (non-hydrogen) atoms. The number of amides is 2. The van der Waals surface area contributed by atoms with Crippen LogP contribution in [0.25, 0.3) is 0 Å². The van der Waals surface area contributed by atoms with Crippen LogP contribution in [0.1, 0.15) is 28.3 Å². The number of likely N-dealkylation sites (N-methyl/N-ethyl adjacent to an activating group) is 1. The highest BCUT2D eigenvalue weighted by atomic mass is 16.5. The summed E-state index contributed by atoms with van der Waals surface area (Å²) in [5.74, 6) is -1.26. The van der Waals surface area contributed by atoms with Crippen LogP contribution in [0.2, 0.25) is 0 Å². The smallest absolute Gasteiger partial charge is 0.313 e. The van der Waals surface area contributed by atoms with Crippen molar-refractivity contribution in [3.8, 4) is 0 Å². The van der Waals surface area contributed by atoms with Gasteiger partial charge in [-0.2, -0.15) is 0 Å². The van der Waals surface area contributed by atoms with Crippen LogP contribution >= 0.6 is 0 Å². The average molecular weight is 437 g/mol. The lowest BCUT2D eigenvalue weighted by molar-refractivity contribution is -0.136. The fraction of sp³-hybridized carbons (Fsp3) is 0.440. The minimum absolute atomic E-state index is 0.00689. The van der Waals surface area contributed by atoms with Gasteiger partial charge in [0.2, 0.25) is 0 Å². The van der Waals surface area contributed by atoms with Gasteiger partial charge in [-0.05, 0) is 54.7 Å². The minimum Gasteiger partial charge on any atom is -0.379 e. The van der Waals surface area contributed by atoms with Crippen molar-refractivity contribution >= 4 is 23.2 Å². The number of benzene rings is 2. The lowest BCUT2D eigenvalue weighted by Gasteiger charge is -2.35. The highest BCUT2D eigenvalue weighted by Crippen LogP contribution is 2.31. The summed E-state index contributed by atoms with van der Waals surface area (Å²) in [7, 11) is 2.11. The quantitative estimate of drug-likeness (QED) is 0.705. The molecule has 1 saturated heterocycles. The topological polar surface area (TPSA) is 73.9 Å². The standard InChI is InChI=1S/C25H32N4O3/c1-17-4-5-18(2)21(14-17)27-25(31)24(30)26-16-23(29-10-12-32-13-11-29)19-6-7-22-20(15-19)8-9-28(22)3/h4-7,14-15,23H,8-13,16H2,1-3H3,(H,26,30)(H,27,31). The predicted octanol–water partition coefficient (Wildman–Crippen LogP) is 2.42. The Morgan fingerprint density at radius 2 is 1.81 bits per heavy atom. The third-order valence-electron chi connectivity index (χ3n) is 6.41. The molecule has 2 aliphatic rings. The second-order valence-electron chi connectivity index (χ2n) is 8.71. The largest absolute Gasteiger partial charge is 0.379 e. The van der Waals surface area contributed by atoms with E-state index in [0.717, 1.165) is 42.7 Å². The maximum atomic E-state index is 12.6. The summed E-state index contributed by atoms with van der Waals surface area (Å²) in [5.41, 5.74) is 6.38. The number of aryl methyl sites for hydroxylation is 2. The zero-order valence-electron chi connectivity index (χ0n) is 19.1. The molecular weight excluding hydrogens is 404 g/mol. The summed E-state index contributed by atoms with van der Waals surface area (Å²) in [6.07, 6.45) is 1.03. The van der Waals surface area contributed by atoms with Crippen molar-refractivity contribution in [1.82, 2.24) is 10.2 Å². The van der Waals surface area contributed by atoms with E-state index in [1.807, 2.05) is 32.0 Å². The lowest BCUT2D eigenvalue weighted by atomic mass is 10.0. The third kappa shape index (κ3) is 4.95. The first-order valence-electron chi connectivity index (χ1n) is 11.2. The fourth-order valence-corrected chi connectivity index (χ4v) is 4.46. The molecule has 7 heteroatoms. The van der Waals surface area contributed by atoms with Crippen LogP contribution in [0.4, 0.5) is 11.4 Å². The van der Waals surface area contributed by atoms with Crippen molar-refractivity contribution in [2.45, 2.75) is 26.3 Å². The first-order chi connectivity index (χ1) is 15.4. The van der Waals surface area contributed by atoms with Crippen LogP contribution in [0.15, 0.2) is 36.4 Å². The summed E-state index contributed by atoms with van der Waals surface area (Å²) >= 11 is 0. The summed E-state index contributed by atoms with van der Waals surface area (Å²) in [6, 6.07) is 12.3. The Balaban J connectivity index is 1.46. The van der Waals surface area contributed by atoms with Crippen molar-refractivity contribution in [2.75, 3.05) is 56.7 Å². The fourth-order valence-electron chi connectivity index (χ4n) is 4.46. The number of ether oxygens (including phenoxy) is 1. The Hall–Kier alpha value is -2.90. The van der Waals surface area contributed by atoms with E-state index in [4.69, 9.17) is 4.74 Å². The Kier molecular flexibility index (Phi) is 6.77. The highest BCUT2D eigenvalue weighted by Gasteiger charge is 2.26. The normalized spacial score (nSPS) is 17.0. The van der Waals surface area contributed by atoms with Crippen LogP contribution < -0.4 is 15.5 Å². The van der Waals surface area contributed by atoms with Crippen molar-refractivity contribution in [1.29, 1.82) is 0 Å². The van der Waals surface area contributed by atoms with Crippen LogP contribution in [0, 0.1) is 13.8 Å². The van der Waals surface area contributed by atoms with Crippen molar-refractivity contribution < 1.29 is 14.3 Å². The molecule has 0 radical (unpaired) electrons. The maximum absolute atomic E-state index is 12.6. The van der Waals surface area contributed by atoms with Crippen LogP contribution in [-0.4, -0.2) is 63.2 Å². The zero-order chi connectivity index (χ0) is 22.7. The van der Waals surface area contributed by atoms with E-state index in [1.54, 1.807) is 0 Å².